The maximum absolute atomic E-state index is 9.45. The lowest BCUT2D eigenvalue weighted by Gasteiger charge is -2.24. The van der Waals surface area contributed by atoms with Crippen LogP contribution < -0.4 is 5.32 Å². The van der Waals surface area contributed by atoms with E-state index in [1.165, 1.54) is 24.0 Å². The van der Waals surface area contributed by atoms with Crippen molar-refractivity contribution in [2.24, 2.45) is 4.99 Å². The molecule has 212 valence electrons. The first-order chi connectivity index (χ1) is 18.6. The molecule has 0 amide bonds. The summed E-state index contributed by atoms with van der Waals surface area (Å²) >= 11 is 0. The summed E-state index contributed by atoms with van der Waals surface area (Å²) in [6.45, 7) is 27.5. The molecule has 0 bridgehead atoms. The molecule has 0 aliphatic rings. The molecule has 1 rings (SSSR count). The average molecular weight is 528 g/mol. The third-order valence-electron chi connectivity index (χ3n) is 7.24. The summed E-state index contributed by atoms with van der Waals surface area (Å²) in [6.07, 6.45) is 10.8. The maximum atomic E-state index is 9.45. The average Bonchev–Trinajstić information content (AvgIpc) is 2.92. The van der Waals surface area contributed by atoms with Crippen molar-refractivity contribution in [1.29, 1.82) is 5.26 Å². The Morgan fingerprint density at radius 1 is 1.05 bits per heavy atom. The fourth-order valence-corrected chi connectivity index (χ4v) is 4.89. The number of nitrogens with zero attached hydrogens (tertiary/aromatic N) is 2. The molecular weight excluding hydrogens is 474 g/mol. The zero-order chi connectivity index (χ0) is 29.4. The van der Waals surface area contributed by atoms with Crippen LogP contribution in [0.1, 0.15) is 110 Å². The smallest absolute Gasteiger partial charge is 0.0991 e. The van der Waals surface area contributed by atoms with E-state index in [0.29, 0.717) is 11.6 Å². The molecule has 1 unspecified atom stereocenters. The van der Waals surface area contributed by atoms with Gasteiger partial charge in [-0.25, -0.2) is 0 Å². The van der Waals surface area contributed by atoms with Crippen LogP contribution in [0.25, 0.3) is 0 Å². The van der Waals surface area contributed by atoms with Crippen LogP contribution in [-0.4, -0.2) is 25.3 Å². The van der Waals surface area contributed by atoms with Gasteiger partial charge >= 0.3 is 0 Å². The SMILES string of the molecule is C=C(CCCCC)CC(=C/C(C)c1cccc(C#N)c1)/C(C(C)=NC)=C(/C(=C)C)C(=C)CC[C@@H](C)NCCC. The molecule has 0 aliphatic carbocycles. The molecule has 3 nitrogen and oxygen atoms in total. The molecule has 0 saturated carbocycles. The highest BCUT2D eigenvalue weighted by atomic mass is 14.9. The molecule has 1 aromatic rings. The van der Waals surface area contributed by atoms with Crippen molar-refractivity contribution in [3.05, 3.63) is 94.6 Å². The van der Waals surface area contributed by atoms with E-state index in [-0.39, 0.29) is 5.92 Å². The minimum absolute atomic E-state index is 0.120. The number of rotatable bonds is 18. The molecule has 0 fully saturated rings. The minimum atomic E-state index is 0.120. The van der Waals surface area contributed by atoms with E-state index in [0.717, 1.165) is 78.6 Å². The summed E-state index contributed by atoms with van der Waals surface area (Å²) in [5.41, 5.74) is 9.60. The summed E-state index contributed by atoms with van der Waals surface area (Å²) in [6, 6.07) is 10.6. The molecule has 2 atom stereocenters. The first-order valence-electron chi connectivity index (χ1n) is 14.7. The molecular formula is C36H53N3. The molecule has 3 heteroatoms. The number of allylic oxidation sites excluding steroid dienone is 7. The summed E-state index contributed by atoms with van der Waals surface area (Å²) in [5, 5.41) is 13.0. The lowest BCUT2D eigenvalue weighted by molar-refractivity contribution is 0.514. The number of nitrogens with one attached hydrogen (secondary N) is 1. The fraction of sp³-hybridized carbons (Fsp3) is 0.500. The third kappa shape index (κ3) is 11.8. The van der Waals surface area contributed by atoms with Gasteiger partial charge in [0, 0.05) is 24.4 Å². The van der Waals surface area contributed by atoms with Gasteiger partial charge in [-0.15, -0.1) is 0 Å². The molecule has 0 saturated heterocycles. The summed E-state index contributed by atoms with van der Waals surface area (Å²) in [7, 11) is 1.86. The lowest BCUT2D eigenvalue weighted by Crippen LogP contribution is -2.26. The molecule has 39 heavy (non-hydrogen) atoms. The van der Waals surface area contributed by atoms with Crippen LogP contribution in [0.2, 0.25) is 0 Å². The number of benzene rings is 1. The summed E-state index contributed by atoms with van der Waals surface area (Å²) < 4.78 is 0. The van der Waals surface area contributed by atoms with Crippen molar-refractivity contribution in [2.75, 3.05) is 13.6 Å². The molecule has 1 N–H and O–H groups in total. The number of hydrogen-bond acceptors (Lipinski definition) is 3. The van der Waals surface area contributed by atoms with Gasteiger partial charge in [0.2, 0.25) is 0 Å². The highest BCUT2D eigenvalue weighted by molar-refractivity contribution is 6.04. The van der Waals surface area contributed by atoms with E-state index in [2.05, 4.69) is 89.8 Å². The maximum Gasteiger partial charge on any atom is 0.0991 e. The van der Waals surface area contributed by atoms with Gasteiger partial charge in [-0.1, -0.05) is 82.7 Å². The van der Waals surface area contributed by atoms with E-state index < -0.39 is 0 Å². The summed E-state index contributed by atoms with van der Waals surface area (Å²) in [4.78, 5) is 4.67. The van der Waals surface area contributed by atoms with E-state index >= 15 is 0 Å². The van der Waals surface area contributed by atoms with Crippen LogP contribution in [0, 0.1) is 11.3 Å². The molecule has 0 aromatic heterocycles. The topological polar surface area (TPSA) is 48.2 Å². The first-order valence-corrected chi connectivity index (χ1v) is 14.7. The second-order valence-corrected chi connectivity index (χ2v) is 10.9. The van der Waals surface area contributed by atoms with Crippen LogP contribution in [0.15, 0.2) is 88.5 Å². The lowest BCUT2D eigenvalue weighted by atomic mass is 9.82. The number of unbranched alkanes of at least 4 members (excludes halogenated alkanes) is 2. The van der Waals surface area contributed by atoms with Gasteiger partial charge in [-0.2, -0.15) is 5.26 Å². The second-order valence-electron chi connectivity index (χ2n) is 10.9. The van der Waals surface area contributed by atoms with Gasteiger partial charge < -0.3 is 5.32 Å². The Labute approximate surface area is 240 Å². The summed E-state index contributed by atoms with van der Waals surface area (Å²) in [5.74, 6) is 0.120. The predicted octanol–water partition coefficient (Wildman–Crippen LogP) is 9.80. The molecule has 0 radical (unpaired) electrons. The first kappa shape index (κ1) is 34.1. The normalized spacial score (nSPS) is 14.3. The predicted molar refractivity (Wildman–Crippen MR) is 173 cm³/mol. The van der Waals surface area contributed by atoms with Crippen molar-refractivity contribution < 1.29 is 0 Å². The quantitative estimate of drug-likeness (QED) is 0.0893. The fourth-order valence-electron chi connectivity index (χ4n) is 4.89. The van der Waals surface area contributed by atoms with Gasteiger partial charge in [-0.05, 0) is 106 Å². The van der Waals surface area contributed by atoms with Crippen LogP contribution >= 0.6 is 0 Å². The van der Waals surface area contributed by atoms with Crippen molar-refractivity contribution in [3.63, 3.8) is 0 Å². The minimum Gasteiger partial charge on any atom is -0.314 e. The van der Waals surface area contributed by atoms with Gasteiger partial charge in [0.25, 0.3) is 0 Å². The van der Waals surface area contributed by atoms with Crippen molar-refractivity contribution in [2.45, 2.75) is 105 Å². The number of nitriles is 1. The number of hydrogen-bond donors (Lipinski definition) is 1. The van der Waals surface area contributed by atoms with Gasteiger partial charge in [0.05, 0.1) is 11.6 Å². The molecule has 0 spiro atoms. The molecule has 0 heterocycles. The van der Waals surface area contributed by atoms with Gasteiger partial charge in [0.15, 0.2) is 0 Å². The Bertz CT molecular complexity index is 1110. The van der Waals surface area contributed by atoms with E-state index in [4.69, 9.17) is 0 Å². The molecule has 1 aromatic carbocycles. The Kier molecular flexibility index (Phi) is 16.0. The van der Waals surface area contributed by atoms with E-state index in [9.17, 15) is 5.26 Å². The highest BCUT2D eigenvalue weighted by Crippen LogP contribution is 2.35. The Hall–Kier alpha value is -2.96. The molecule has 0 aliphatic heterocycles. The zero-order valence-electron chi connectivity index (χ0n) is 25.9. The van der Waals surface area contributed by atoms with Crippen molar-refractivity contribution in [3.8, 4) is 6.07 Å². The van der Waals surface area contributed by atoms with Gasteiger partial charge in [-0.3, -0.25) is 4.99 Å². The van der Waals surface area contributed by atoms with Crippen LogP contribution in [-0.2, 0) is 0 Å². The third-order valence-corrected chi connectivity index (χ3v) is 7.24. The van der Waals surface area contributed by atoms with Crippen LogP contribution in [0.5, 0.6) is 0 Å². The largest absolute Gasteiger partial charge is 0.314 e. The Balaban J connectivity index is 3.65. The second kappa shape index (κ2) is 18.3. The highest BCUT2D eigenvalue weighted by Gasteiger charge is 2.20. The zero-order valence-corrected chi connectivity index (χ0v) is 25.9. The van der Waals surface area contributed by atoms with Gasteiger partial charge in [0.1, 0.15) is 0 Å². The van der Waals surface area contributed by atoms with E-state index in [1.807, 2.05) is 25.2 Å². The standard InChI is InChI=1S/C36H53N3/c1-11-13-14-16-27(5)22-34(23-29(7)33-18-15-17-32(24-33)25-37)36(31(9)38-10)35(26(3)4)28(6)19-20-30(8)39-21-12-2/h15,17-18,23-24,29-30,39H,3,5-6,11-14,16,19-22H2,1-2,4,7-10H3/b34-23-,36-35-,38-31?/t29?,30-/m1/s1. The van der Waals surface area contributed by atoms with Crippen molar-refractivity contribution >= 4 is 5.71 Å². The Morgan fingerprint density at radius 2 is 1.77 bits per heavy atom. The van der Waals surface area contributed by atoms with Crippen molar-refractivity contribution in [1.82, 2.24) is 5.32 Å². The monoisotopic (exact) mass is 527 g/mol. The van der Waals surface area contributed by atoms with Crippen LogP contribution in [0.3, 0.4) is 0 Å². The Morgan fingerprint density at radius 3 is 2.36 bits per heavy atom. The van der Waals surface area contributed by atoms with E-state index in [1.54, 1.807) is 0 Å². The number of aliphatic imine (C=N–C) groups is 1. The van der Waals surface area contributed by atoms with Crippen LogP contribution in [0.4, 0.5) is 0 Å².